The molecule has 0 aromatic carbocycles. The summed E-state index contributed by atoms with van der Waals surface area (Å²) in [5.74, 6) is -2.66. The SMILES string of the molecule is Cc1[nH]nc(CCC(=O)N2CCC(F)(F)CC2)c1C. The molecule has 0 aliphatic carbocycles. The summed E-state index contributed by atoms with van der Waals surface area (Å²) in [7, 11) is 0. The van der Waals surface area contributed by atoms with Crippen molar-refractivity contribution in [1.29, 1.82) is 0 Å². The molecule has 1 amide bonds. The molecule has 0 saturated carbocycles. The fraction of sp³-hybridized carbons (Fsp3) is 0.692. The summed E-state index contributed by atoms with van der Waals surface area (Å²) < 4.78 is 26.0. The molecule has 0 bridgehead atoms. The number of aromatic amines is 1. The molecule has 6 heteroatoms. The Morgan fingerprint density at radius 1 is 1.37 bits per heavy atom. The van der Waals surface area contributed by atoms with Gasteiger partial charge in [-0.25, -0.2) is 8.78 Å². The molecule has 1 aliphatic heterocycles. The molecule has 0 unspecified atom stereocenters. The molecule has 0 spiro atoms. The summed E-state index contributed by atoms with van der Waals surface area (Å²) in [6.45, 7) is 4.20. The van der Waals surface area contributed by atoms with Crippen LogP contribution in [0.25, 0.3) is 0 Å². The van der Waals surface area contributed by atoms with E-state index in [2.05, 4.69) is 10.2 Å². The largest absolute Gasteiger partial charge is 0.342 e. The molecule has 4 nitrogen and oxygen atoms in total. The Kier molecular flexibility index (Phi) is 3.87. The van der Waals surface area contributed by atoms with E-state index in [0.29, 0.717) is 12.8 Å². The quantitative estimate of drug-likeness (QED) is 0.916. The Hall–Kier alpha value is -1.46. The number of alkyl halides is 2. The Morgan fingerprint density at radius 3 is 2.53 bits per heavy atom. The predicted octanol–water partition coefficient (Wildman–Crippen LogP) is 2.22. The molecule has 1 aliphatic rings. The second kappa shape index (κ2) is 5.27. The van der Waals surface area contributed by atoms with Gasteiger partial charge >= 0.3 is 0 Å². The number of nitrogens with zero attached hydrogens (tertiary/aromatic N) is 2. The van der Waals surface area contributed by atoms with Gasteiger partial charge in [-0.1, -0.05) is 0 Å². The Morgan fingerprint density at radius 2 is 2.00 bits per heavy atom. The number of H-pyrrole nitrogens is 1. The Labute approximate surface area is 111 Å². The van der Waals surface area contributed by atoms with E-state index in [4.69, 9.17) is 0 Å². The first kappa shape index (κ1) is 14.0. The van der Waals surface area contributed by atoms with E-state index in [1.807, 2.05) is 13.8 Å². The highest BCUT2D eigenvalue weighted by Crippen LogP contribution is 2.28. The topological polar surface area (TPSA) is 49.0 Å². The van der Waals surface area contributed by atoms with Crippen LogP contribution in [0.2, 0.25) is 0 Å². The minimum atomic E-state index is -2.60. The van der Waals surface area contributed by atoms with Gasteiger partial charge in [0.2, 0.25) is 5.91 Å². The highest BCUT2D eigenvalue weighted by molar-refractivity contribution is 5.76. The van der Waals surface area contributed by atoms with Crippen molar-refractivity contribution in [3.63, 3.8) is 0 Å². The highest BCUT2D eigenvalue weighted by Gasteiger charge is 2.35. The second-order valence-electron chi connectivity index (χ2n) is 5.16. The van der Waals surface area contributed by atoms with Gasteiger partial charge in [0.15, 0.2) is 0 Å². The molecule has 106 valence electrons. The Bertz CT molecular complexity index is 460. The summed E-state index contributed by atoms with van der Waals surface area (Å²) in [5.41, 5.74) is 2.95. The third-order valence-electron chi connectivity index (χ3n) is 3.78. The van der Waals surface area contributed by atoms with Crippen molar-refractivity contribution in [2.24, 2.45) is 0 Å². The third-order valence-corrected chi connectivity index (χ3v) is 3.78. The van der Waals surface area contributed by atoms with Gasteiger partial charge in [0.25, 0.3) is 5.92 Å². The zero-order valence-electron chi connectivity index (χ0n) is 11.3. The lowest BCUT2D eigenvalue weighted by atomic mass is 10.1. The number of hydrogen-bond acceptors (Lipinski definition) is 2. The van der Waals surface area contributed by atoms with Gasteiger partial charge in [0.1, 0.15) is 0 Å². The number of carbonyl (C=O) groups is 1. The minimum Gasteiger partial charge on any atom is -0.342 e. The van der Waals surface area contributed by atoms with Crippen LogP contribution in [0.3, 0.4) is 0 Å². The second-order valence-corrected chi connectivity index (χ2v) is 5.16. The molecule has 1 aromatic rings. The first-order chi connectivity index (χ1) is 8.89. The van der Waals surface area contributed by atoms with E-state index < -0.39 is 5.92 Å². The van der Waals surface area contributed by atoms with Gasteiger partial charge in [-0.15, -0.1) is 0 Å². The molecule has 0 radical (unpaired) electrons. The summed E-state index contributed by atoms with van der Waals surface area (Å²) in [4.78, 5) is 13.5. The number of hydrogen-bond donors (Lipinski definition) is 1. The van der Waals surface area contributed by atoms with E-state index in [1.165, 1.54) is 4.90 Å². The number of carbonyl (C=O) groups excluding carboxylic acids is 1. The highest BCUT2D eigenvalue weighted by atomic mass is 19.3. The summed E-state index contributed by atoms with van der Waals surface area (Å²) in [6.07, 6.45) is 0.442. The van der Waals surface area contributed by atoms with Crippen LogP contribution in [0.5, 0.6) is 0 Å². The monoisotopic (exact) mass is 271 g/mol. The molecule has 1 aromatic heterocycles. The van der Waals surface area contributed by atoms with E-state index in [-0.39, 0.29) is 31.8 Å². The predicted molar refractivity (Wildman–Crippen MR) is 67.1 cm³/mol. The van der Waals surface area contributed by atoms with Crippen LogP contribution in [0.4, 0.5) is 8.78 Å². The number of aryl methyl sites for hydroxylation is 2. The van der Waals surface area contributed by atoms with E-state index in [1.54, 1.807) is 0 Å². The van der Waals surface area contributed by atoms with Gasteiger partial charge in [0, 0.05) is 44.5 Å². The number of piperidine rings is 1. The van der Waals surface area contributed by atoms with Gasteiger partial charge < -0.3 is 4.90 Å². The first-order valence-electron chi connectivity index (χ1n) is 6.55. The number of aromatic nitrogens is 2. The average molecular weight is 271 g/mol. The molecule has 1 saturated heterocycles. The summed E-state index contributed by atoms with van der Waals surface area (Å²) in [5, 5.41) is 7.02. The standard InChI is InChI=1S/C13H19F2N3O/c1-9-10(2)16-17-11(9)3-4-12(19)18-7-5-13(14,15)6-8-18/h3-8H2,1-2H3,(H,16,17). The van der Waals surface area contributed by atoms with Crippen LogP contribution in [0.1, 0.15) is 36.2 Å². The van der Waals surface area contributed by atoms with Crippen LogP contribution < -0.4 is 0 Å². The molecule has 2 heterocycles. The number of amides is 1. The third kappa shape index (κ3) is 3.30. The van der Waals surface area contributed by atoms with E-state index >= 15 is 0 Å². The van der Waals surface area contributed by atoms with Crippen molar-refractivity contribution in [3.05, 3.63) is 17.0 Å². The number of rotatable bonds is 3. The van der Waals surface area contributed by atoms with Crippen molar-refractivity contribution >= 4 is 5.91 Å². The molecule has 1 N–H and O–H groups in total. The van der Waals surface area contributed by atoms with Crippen molar-refractivity contribution in [3.8, 4) is 0 Å². The van der Waals surface area contributed by atoms with Crippen LogP contribution in [0.15, 0.2) is 0 Å². The maximum atomic E-state index is 13.0. The molecular formula is C13H19F2N3O. The fourth-order valence-corrected chi connectivity index (χ4v) is 2.25. The Balaban J connectivity index is 1.84. The number of likely N-dealkylation sites (tertiary alicyclic amines) is 1. The molecule has 19 heavy (non-hydrogen) atoms. The zero-order chi connectivity index (χ0) is 14.0. The normalized spacial score (nSPS) is 18.6. The number of halogens is 2. The van der Waals surface area contributed by atoms with Crippen molar-refractivity contribution in [2.45, 2.75) is 45.5 Å². The van der Waals surface area contributed by atoms with Crippen LogP contribution >= 0.6 is 0 Å². The zero-order valence-corrected chi connectivity index (χ0v) is 11.3. The van der Waals surface area contributed by atoms with Gasteiger partial charge in [-0.05, 0) is 19.4 Å². The lowest BCUT2D eigenvalue weighted by Crippen LogP contribution is -2.42. The van der Waals surface area contributed by atoms with Gasteiger partial charge in [0.05, 0.1) is 5.69 Å². The summed E-state index contributed by atoms with van der Waals surface area (Å²) >= 11 is 0. The molecule has 1 fully saturated rings. The number of nitrogens with one attached hydrogen (secondary N) is 1. The van der Waals surface area contributed by atoms with Crippen molar-refractivity contribution in [2.75, 3.05) is 13.1 Å². The average Bonchev–Trinajstić information content (AvgIpc) is 2.67. The van der Waals surface area contributed by atoms with Crippen molar-refractivity contribution < 1.29 is 13.6 Å². The maximum absolute atomic E-state index is 13.0. The van der Waals surface area contributed by atoms with E-state index in [0.717, 1.165) is 17.0 Å². The summed E-state index contributed by atoms with van der Waals surface area (Å²) in [6, 6.07) is 0. The van der Waals surface area contributed by atoms with Gasteiger partial charge in [-0.2, -0.15) is 5.10 Å². The molecule has 0 atom stereocenters. The lowest BCUT2D eigenvalue weighted by Gasteiger charge is -2.31. The lowest BCUT2D eigenvalue weighted by molar-refractivity contribution is -0.137. The minimum absolute atomic E-state index is 0.0597. The molecular weight excluding hydrogens is 252 g/mol. The molecule has 2 rings (SSSR count). The van der Waals surface area contributed by atoms with Crippen LogP contribution in [-0.4, -0.2) is 40.0 Å². The maximum Gasteiger partial charge on any atom is 0.251 e. The van der Waals surface area contributed by atoms with E-state index in [9.17, 15) is 13.6 Å². The van der Waals surface area contributed by atoms with Gasteiger partial charge in [-0.3, -0.25) is 9.89 Å². The van der Waals surface area contributed by atoms with Crippen LogP contribution in [0, 0.1) is 13.8 Å². The first-order valence-corrected chi connectivity index (χ1v) is 6.55. The van der Waals surface area contributed by atoms with Crippen molar-refractivity contribution in [1.82, 2.24) is 15.1 Å². The van der Waals surface area contributed by atoms with Crippen LogP contribution in [-0.2, 0) is 11.2 Å². The fourth-order valence-electron chi connectivity index (χ4n) is 2.25. The smallest absolute Gasteiger partial charge is 0.251 e.